The maximum atomic E-state index is 12.3. The van der Waals surface area contributed by atoms with Crippen LogP contribution in [0.3, 0.4) is 0 Å². The van der Waals surface area contributed by atoms with Crippen LogP contribution in [0.1, 0.15) is 0 Å². The second-order valence-corrected chi connectivity index (χ2v) is 5.70. The van der Waals surface area contributed by atoms with E-state index in [-0.39, 0.29) is 12.5 Å². The second kappa shape index (κ2) is 7.14. The summed E-state index contributed by atoms with van der Waals surface area (Å²) in [5.74, 6) is -0.177. The first-order chi connectivity index (χ1) is 11.7. The fourth-order valence-corrected chi connectivity index (χ4v) is 2.83. The van der Waals surface area contributed by atoms with E-state index in [0.29, 0.717) is 11.7 Å². The highest BCUT2D eigenvalue weighted by Gasteiger charge is 2.12. The Morgan fingerprint density at radius 2 is 1.62 bits per heavy atom. The molecule has 1 amide bonds. The lowest BCUT2D eigenvalue weighted by Crippen LogP contribution is -2.47. The number of hydrazine groups is 1. The number of para-hydroxylation sites is 2. The van der Waals surface area contributed by atoms with Gasteiger partial charge in [-0.3, -0.25) is 15.6 Å². The Bertz CT molecular complexity index is 862. The molecule has 0 saturated carbocycles. The molecular weight excluding hydrogens is 320 g/mol. The highest BCUT2D eigenvalue weighted by atomic mass is 32.1. The van der Waals surface area contributed by atoms with Gasteiger partial charge in [0.2, 0.25) is 0 Å². The van der Waals surface area contributed by atoms with Crippen LogP contribution in [0.2, 0.25) is 0 Å². The first kappa shape index (κ1) is 16.0. The van der Waals surface area contributed by atoms with Crippen LogP contribution in [-0.4, -0.2) is 22.1 Å². The number of nitrogens with one attached hydrogen (secondary N) is 3. The minimum absolute atomic E-state index is 0.177. The first-order valence-corrected chi connectivity index (χ1v) is 8.01. The molecule has 0 aliphatic carbocycles. The maximum Gasteiger partial charge on any atom is 0.258 e. The molecule has 122 valence electrons. The number of carbonyl (C=O) groups is 1. The smallest absolute Gasteiger partial charge is 0.258 e. The summed E-state index contributed by atoms with van der Waals surface area (Å²) in [6, 6.07) is 16.1. The molecule has 1 aromatic heterocycles. The standard InChI is InChI=1S/C18H18N4OS/c1-2-11-19-18(24)21-20-17(23)12-22-15-9-5-3-7-13(15)14-8-4-6-10-16(14)22/h2-10H,1,11-12H2,(H,20,23)(H2,19,21,24). The number of hydrogen-bond acceptors (Lipinski definition) is 2. The van der Waals surface area contributed by atoms with Crippen molar-refractivity contribution in [2.24, 2.45) is 0 Å². The van der Waals surface area contributed by atoms with Gasteiger partial charge in [0.1, 0.15) is 6.54 Å². The lowest BCUT2D eigenvalue weighted by molar-refractivity contribution is -0.122. The number of amides is 1. The minimum Gasteiger partial charge on any atom is -0.358 e. The number of rotatable bonds is 4. The van der Waals surface area contributed by atoms with Crippen LogP contribution < -0.4 is 16.2 Å². The van der Waals surface area contributed by atoms with Crippen molar-refractivity contribution < 1.29 is 4.79 Å². The molecule has 3 rings (SSSR count). The van der Waals surface area contributed by atoms with Crippen molar-refractivity contribution in [1.82, 2.24) is 20.7 Å². The molecule has 0 aliphatic heterocycles. The summed E-state index contributed by atoms with van der Waals surface area (Å²) in [7, 11) is 0. The van der Waals surface area contributed by atoms with Crippen molar-refractivity contribution in [3.05, 3.63) is 61.2 Å². The number of hydrogen-bond donors (Lipinski definition) is 3. The van der Waals surface area contributed by atoms with Crippen LogP contribution in [0.5, 0.6) is 0 Å². The van der Waals surface area contributed by atoms with Gasteiger partial charge in [-0.1, -0.05) is 42.5 Å². The van der Waals surface area contributed by atoms with E-state index in [1.54, 1.807) is 6.08 Å². The van der Waals surface area contributed by atoms with Gasteiger partial charge in [0.15, 0.2) is 5.11 Å². The summed E-state index contributed by atoms with van der Waals surface area (Å²) in [6.45, 7) is 4.33. The lowest BCUT2D eigenvalue weighted by Gasteiger charge is -2.12. The fourth-order valence-electron chi connectivity index (χ4n) is 2.69. The molecule has 0 unspecified atom stereocenters. The van der Waals surface area contributed by atoms with E-state index in [1.165, 1.54) is 0 Å². The number of aromatic nitrogens is 1. The Kier molecular flexibility index (Phi) is 4.77. The number of benzene rings is 2. The van der Waals surface area contributed by atoms with Gasteiger partial charge in [-0.25, -0.2) is 0 Å². The zero-order chi connectivity index (χ0) is 16.9. The quantitative estimate of drug-likeness (QED) is 0.389. The Balaban J connectivity index is 1.80. The minimum atomic E-state index is -0.177. The monoisotopic (exact) mass is 338 g/mol. The summed E-state index contributed by atoms with van der Waals surface area (Å²) in [5, 5.41) is 5.51. The molecule has 0 saturated heterocycles. The van der Waals surface area contributed by atoms with Gasteiger partial charge in [0, 0.05) is 28.4 Å². The van der Waals surface area contributed by atoms with E-state index in [0.717, 1.165) is 21.8 Å². The maximum absolute atomic E-state index is 12.3. The Labute approximate surface area is 145 Å². The SMILES string of the molecule is C=CCNC(=S)NNC(=O)Cn1c2ccccc2c2ccccc21. The van der Waals surface area contributed by atoms with Crippen LogP contribution in [0, 0.1) is 0 Å². The zero-order valence-electron chi connectivity index (χ0n) is 13.1. The van der Waals surface area contributed by atoms with Crippen molar-refractivity contribution in [3.8, 4) is 0 Å². The molecule has 24 heavy (non-hydrogen) atoms. The van der Waals surface area contributed by atoms with E-state index in [1.807, 2.05) is 41.0 Å². The van der Waals surface area contributed by atoms with Crippen molar-refractivity contribution in [2.75, 3.05) is 6.54 Å². The summed E-state index contributed by atoms with van der Waals surface area (Å²) in [6.07, 6.45) is 1.69. The van der Waals surface area contributed by atoms with Crippen LogP contribution in [-0.2, 0) is 11.3 Å². The largest absolute Gasteiger partial charge is 0.358 e. The number of carbonyl (C=O) groups excluding carboxylic acids is 1. The van der Waals surface area contributed by atoms with Crippen LogP contribution in [0.4, 0.5) is 0 Å². The third-order valence-corrected chi connectivity index (χ3v) is 3.95. The number of nitrogens with zero attached hydrogens (tertiary/aromatic N) is 1. The summed E-state index contributed by atoms with van der Waals surface area (Å²) in [4.78, 5) is 12.3. The van der Waals surface area contributed by atoms with Gasteiger partial charge in [-0.2, -0.15) is 0 Å². The van der Waals surface area contributed by atoms with Crippen molar-refractivity contribution in [1.29, 1.82) is 0 Å². The average Bonchev–Trinajstić information content (AvgIpc) is 2.93. The molecule has 3 N–H and O–H groups in total. The molecule has 5 nitrogen and oxygen atoms in total. The molecule has 1 heterocycles. The Morgan fingerprint density at radius 1 is 1.04 bits per heavy atom. The van der Waals surface area contributed by atoms with Gasteiger partial charge in [-0.15, -0.1) is 6.58 Å². The third-order valence-electron chi connectivity index (χ3n) is 3.70. The van der Waals surface area contributed by atoms with Gasteiger partial charge < -0.3 is 9.88 Å². The van der Waals surface area contributed by atoms with Gasteiger partial charge >= 0.3 is 0 Å². The summed E-state index contributed by atoms with van der Waals surface area (Å²) >= 11 is 5.05. The lowest BCUT2D eigenvalue weighted by atomic mass is 10.2. The molecule has 6 heteroatoms. The van der Waals surface area contributed by atoms with Crippen LogP contribution in [0.25, 0.3) is 21.8 Å². The molecule has 0 aliphatic rings. The fraction of sp³-hybridized carbons (Fsp3) is 0.111. The van der Waals surface area contributed by atoms with Crippen LogP contribution in [0.15, 0.2) is 61.2 Å². The molecule has 0 fully saturated rings. The molecule has 0 radical (unpaired) electrons. The highest BCUT2D eigenvalue weighted by molar-refractivity contribution is 7.80. The highest BCUT2D eigenvalue weighted by Crippen LogP contribution is 2.28. The van der Waals surface area contributed by atoms with E-state index < -0.39 is 0 Å². The van der Waals surface area contributed by atoms with E-state index in [2.05, 4.69) is 34.9 Å². The zero-order valence-corrected chi connectivity index (χ0v) is 13.9. The van der Waals surface area contributed by atoms with Crippen molar-refractivity contribution >= 4 is 45.0 Å². The van der Waals surface area contributed by atoms with E-state index >= 15 is 0 Å². The topological polar surface area (TPSA) is 58.1 Å². The van der Waals surface area contributed by atoms with Gasteiger partial charge in [0.25, 0.3) is 5.91 Å². The molecule has 2 aromatic carbocycles. The van der Waals surface area contributed by atoms with E-state index in [9.17, 15) is 4.79 Å². The predicted molar refractivity (Wildman–Crippen MR) is 102 cm³/mol. The Morgan fingerprint density at radius 3 is 2.21 bits per heavy atom. The molecule has 0 spiro atoms. The number of fused-ring (bicyclic) bond motifs is 3. The normalized spacial score (nSPS) is 10.5. The van der Waals surface area contributed by atoms with Gasteiger partial charge in [0.05, 0.1) is 0 Å². The summed E-state index contributed by atoms with van der Waals surface area (Å²) in [5.41, 5.74) is 7.35. The Hall–Kier alpha value is -2.86. The number of thiocarbonyl (C=S) groups is 1. The van der Waals surface area contributed by atoms with Crippen LogP contribution >= 0.6 is 12.2 Å². The molecule has 3 aromatic rings. The van der Waals surface area contributed by atoms with Gasteiger partial charge in [-0.05, 0) is 24.4 Å². The predicted octanol–water partition coefficient (Wildman–Crippen LogP) is 2.48. The molecular formula is C18H18N4OS. The molecule has 0 atom stereocenters. The average molecular weight is 338 g/mol. The summed E-state index contributed by atoms with van der Waals surface area (Å²) < 4.78 is 2.00. The second-order valence-electron chi connectivity index (χ2n) is 5.29. The van der Waals surface area contributed by atoms with Crippen molar-refractivity contribution in [3.63, 3.8) is 0 Å². The third kappa shape index (κ3) is 3.23. The van der Waals surface area contributed by atoms with Crippen molar-refractivity contribution in [2.45, 2.75) is 6.54 Å². The molecule has 0 bridgehead atoms. The first-order valence-electron chi connectivity index (χ1n) is 7.60. The van der Waals surface area contributed by atoms with E-state index in [4.69, 9.17) is 12.2 Å².